The molecule has 1 saturated heterocycles. The van der Waals surface area contributed by atoms with E-state index in [-0.39, 0.29) is 18.6 Å². The zero-order valence-corrected chi connectivity index (χ0v) is 10.5. The highest BCUT2D eigenvalue weighted by atomic mass is 16.5. The second kappa shape index (κ2) is 4.67. The number of hydrogen-bond acceptors (Lipinski definition) is 3. The summed E-state index contributed by atoms with van der Waals surface area (Å²) in [6.45, 7) is 2.92. The molecule has 2 aromatic rings. The van der Waals surface area contributed by atoms with Gasteiger partial charge in [0.2, 0.25) is 0 Å². The molecule has 1 aliphatic rings. The van der Waals surface area contributed by atoms with E-state index in [4.69, 9.17) is 4.74 Å². The van der Waals surface area contributed by atoms with Gasteiger partial charge in [-0.05, 0) is 37.1 Å². The lowest BCUT2D eigenvalue weighted by molar-refractivity contribution is 0.0721. The van der Waals surface area contributed by atoms with Crippen LogP contribution in [0, 0.1) is 12.8 Å². The minimum absolute atomic E-state index is 0.0284. The highest BCUT2D eigenvalue weighted by Gasteiger charge is 2.28. The van der Waals surface area contributed by atoms with Crippen molar-refractivity contribution >= 4 is 10.9 Å². The van der Waals surface area contributed by atoms with Crippen LogP contribution in [0.2, 0.25) is 0 Å². The van der Waals surface area contributed by atoms with Crippen molar-refractivity contribution < 1.29 is 9.84 Å². The van der Waals surface area contributed by atoms with Crippen LogP contribution >= 0.6 is 0 Å². The maximum Gasteiger partial charge on any atom is 0.0876 e. The number of aliphatic hydroxyl groups excluding tert-OH is 1. The van der Waals surface area contributed by atoms with Crippen LogP contribution < -0.4 is 0 Å². The van der Waals surface area contributed by atoms with Gasteiger partial charge in [-0.15, -0.1) is 0 Å². The SMILES string of the molecule is Cc1ccc2cc(C3OCCC3CO)ccc2n1. The van der Waals surface area contributed by atoms with Gasteiger partial charge in [0, 0.05) is 30.2 Å². The summed E-state index contributed by atoms with van der Waals surface area (Å²) in [5, 5.41) is 10.5. The highest BCUT2D eigenvalue weighted by Crippen LogP contribution is 2.35. The van der Waals surface area contributed by atoms with Gasteiger partial charge in [0.05, 0.1) is 11.6 Å². The topological polar surface area (TPSA) is 42.4 Å². The predicted molar refractivity (Wildman–Crippen MR) is 70.4 cm³/mol. The molecule has 0 spiro atoms. The lowest BCUT2D eigenvalue weighted by Crippen LogP contribution is -2.11. The quantitative estimate of drug-likeness (QED) is 0.881. The highest BCUT2D eigenvalue weighted by molar-refractivity contribution is 5.79. The van der Waals surface area contributed by atoms with E-state index in [0.717, 1.165) is 35.2 Å². The van der Waals surface area contributed by atoms with Crippen molar-refractivity contribution in [2.24, 2.45) is 5.92 Å². The van der Waals surface area contributed by atoms with E-state index >= 15 is 0 Å². The average molecular weight is 243 g/mol. The fraction of sp³-hybridized carbons (Fsp3) is 0.400. The van der Waals surface area contributed by atoms with Crippen LogP contribution in [0.25, 0.3) is 10.9 Å². The van der Waals surface area contributed by atoms with Crippen LogP contribution in [-0.2, 0) is 4.74 Å². The van der Waals surface area contributed by atoms with Gasteiger partial charge in [-0.2, -0.15) is 0 Å². The average Bonchev–Trinajstić information content (AvgIpc) is 2.86. The Bertz CT molecular complexity index is 567. The zero-order valence-electron chi connectivity index (χ0n) is 10.5. The van der Waals surface area contributed by atoms with Crippen molar-refractivity contribution in [3.63, 3.8) is 0 Å². The molecule has 3 heteroatoms. The van der Waals surface area contributed by atoms with Crippen molar-refractivity contribution in [3.8, 4) is 0 Å². The van der Waals surface area contributed by atoms with Gasteiger partial charge in [-0.3, -0.25) is 4.98 Å². The molecule has 1 aromatic carbocycles. The van der Waals surface area contributed by atoms with E-state index in [2.05, 4.69) is 23.2 Å². The minimum atomic E-state index is 0.0284. The number of aliphatic hydroxyl groups is 1. The van der Waals surface area contributed by atoms with Crippen molar-refractivity contribution in [1.29, 1.82) is 0 Å². The third-order valence-electron chi connectivity index (χ3n) is 3.63. The van der Waals surface area contributed by atoms with Crippen molar-refractivity contribution in [2.75, 3.05) is 13.2 Å². The normalized spacial score (nSPS) is 23.7. The number of aromatic nitrogens is 1. The second-order valence-electron chi connectivity index (χ2n) is 4.93. The van der Waals surface area contributed by atoms with Gasteiger partial charge in [-0.1, -0.05) is 12.1 Å². The molecule has 0 radical (unpaired) electrons. The lowest BCUT2D eigenvalue weighted by atomic mass is 9.95. The fourth-order valence-corrected chi connectivity index (χ4v) is 2.61. The number of nitrogens with zero attached hydrogens (tertiary/aromatic N) is 1. The Hall–Kier alpha value is -1.45. The molecule has 18 heavy (non-hydrogen) atoms. The number of ether oxygens (including phenoxy) is 1. The summed E-state index contributed by atoms with van der Waals surface area (Å²) in [7, 11) is 0. The van der Waals surface area contributed by atoms with E-state index in [9.17, 15) is 5.11 Å². The molecular weight excluding hydrogens is 226 g/mol. The third kappa shape index (κ3) is 2.00. The van der Waals surface area contributed by atoms with Crippen LogP contribution in [0.3, 0.4) is 0 Å². The van der Waals surface area contributed by atoms with Crippen LogP contribution in [0.5, 0.6) is 0 Å². The van der Waals surface area contributed by atoms with Gasteiger partial charge < -0.3 is 9.84 Å². The van der Waals surface area contributed by atoms with Crippen molar-refractivity contribution in [3.05, 3.63) is 41.6 Å². The summed E-state index contributed by atoms with van der Waals surface area (Å²) >= 11 is 0. The molecule has 1 N–H and O–H groups in total. The molecule has 2 atom stereocenters. The Labute approximate surface area is 106 Å². The smallest absolute Gasteiger partial charge is 0.0876 e. The molecule has 0 saturated carbocycles. The minimum Gasteiger partial charge on any atom is -0.396 e. The molecule has 2 unspecified atom stereocenters. The first-order valence-corrected chi connectivity index (χ1v) is 6.38. The van der Waals surface area contributed by atoms with E-state index in [1.165, 1.54) is 0 Å². The molecular formula is C15H17NO2. The Balaban J connectivity index is 2.00. The first-order valence-electron chi connectivity index (χ1n) is 6.38. The van der Waals surface area contributed by atoms with Crippen LogP contribution in [0.4, 0.5) is 0 Å². The van der Waals surface area contributed by atoms with Crippen molar-refractivity contribution in [2.45, 2.75) is 19.4 Å². The summed E-state index contributed by atoms with van der Waals surface area (Å²) in [5.74, 6) is 0.223. The molecule has 0 bridgehead atoms. The summed E-state index contributed by atoms with van der Waals surface area (Å²) in [5.41, 5.74) is 3.18. The summed E-state index contributed by atoms with van der Waals surface area (Å²) in [4.78, 5) is 4.49. The number of hydrogen-bond donors (Lipinski definition) is 1. The fourth-order valence-electron chi connectivity index (χ4n) is 2.61. The van der Waals surface area contributed by atoms with Gasteiger partial charge >= 0.3 is 0 Å². The maximum absolute atomic E-state index is 9.36. The Morgan fingerprint density at radius 1 is 1.33 bits per heavy atom. The number of rotatable bonds is 2. The lowest BCUT2D eigenvalue weighted by Gasteiger charge is -2.17. The van der Waals surface area contributed by atoms with Crippen LogP contribution in [0.1, 0.15) is 23.8 Å². The van der Waals surface area contributed by atoms with Gasteiger partial charge in [0.15, 0.2) is 0 Å². The molecule has 94 valence electrons. The monoisotopic (exact) mass is 243 g/mol. The second-order valence-corrected chi connectivity index (χ2v) is 4.93. The molecule has 3 rings (SSSR count). The molecule has 1 fully saturated rings. The van der Waals surface area contributed by atoms with Gasteiger partial charge in [0.25, 0.3) is 0 Å². The van der Waals surface area contributed by atoms with E-state index in [1.54, 1.807) is 0 Å². The van der Waals surface area contributed by atoms with E-state index in [1.807, 2.05) is 19.1 Å². The summed E-state index contributed by atoms with van der Waals surface area (Å²) in [6.07, 6.45) is 0.964. The first kappa shape index (κ1) is 11.6. The van der Waals surface area contributed by atoms with E-state index < -0.39 is 0 Å². The molecule has 0 amide bonds. The summed E-state index contributed by atoms with van der Waals surface area (Å²) < 4.78 is 5.73. The Morgan fingerprint density at radius 3 is 3.06 bits per heavy atom. The Morgan fingerprint density at radius 2 is 2.22 bits per heavy atom. The predicted octanol–water partition coefficient (Wildman–Crippen LogP) is 2.61. The first-order chi connectivity index (χ1) is 8.78. The van der Waals surface area contributed by atoms with Crippen LogP contribution in [-0.4, -0.2) is 23.3 Å². The maximum atomic E-state index is 9.36. The van der Waals surface area contributed by atoms with Crippen LogP contribution in [0.15, 0.2) is 30.3 Å². The summed E-state index contributed by atoms with van der Waals surface area (Å²) in [6, 6.07) is 10.3. The number of fused-ring (bicyclic) bond motifs is 1. The largest absolute Gasteiger partial charge is 0.396 e. The van der Waals surface area contributed by atoms with Crippen molar-refractivity contribution in [1.82, 2.24) is 4.98 Å². The molecule has 0 aliphatic carbocycles. The number of benzene rings is 1. The number of aryl methyl sites for hydroxylation is 1. The molecule has 3 nitrogen and oxygen atoms in total. The number of pyridine rings is 1. The molecule has 1 aromatic heterocycles. The Kier molecular flexibility index (Phi) is 3.02. The van der Waals surface area contributed by atoms with Gasteiger partial charge in [-0.25, -0.2) is 0 Å². The third-order valence-corrected chi connectivity index (χ3v) is 3.63. The molecule has 2 heterocycles. The molecule has 1 aliphatic heterocycles. The zero-order chi connectivity index (χ0) is 12.5. The van der Waals surface area contributed by atoms with E-state index in [0.29, 0.717) is 0 Å². The standard InChI is InChI=1S/C15H17NO2/c1-10-2-3-11-8-12(4-5-14(11)16-10)15-13(9-17)6-7-18-15/h2-5,8,13,15,17H,6-7,9H2,1H3. The van der Waals surface area contributed by atoms with Gasteiger partial charge in [0.1, 0.15) is 0 Å².